The van der Waals surface area contributed by atoms with Gasteiger partial charge in [0.15, 0.2) is 0 Å². The third kappa shape index (κ3) is 3.86. The quantitative estimate of drug-likeness (QED) is 0.448. The normalized spacial score (nSPS) is 19.4. The van der Waals surface area contributed by atoms with Crippen LogP contribution in [0.1, 0.15) is 74.6 Å². The van der Waals surface area contributed by atoms with Crippen molar-refractivity contribution in [2.45, 2.75) is 58.4 Å². The van der Waals surface area contributed by atoms with Gasteiger partial charge in [0.1, 0.15) is 11.5 Å². The average molecular weight is 427 g/mol. The van der Waals surface area contributed by atoms with Crippen molar-refractivity contribution in [1.29, 1.82) is 0 Å². The van der Waals surface area contributed by atoms with Crippen LogP contribution in [0.3, 0.4) is 0 Å². The lowest BCUT2D eigenvalue weighted by atomic mass is 9.95. The van der Waals surface area contributed by atoms with Crippen molar-refractivity contribution >= 4 is 5.71 Å². The monoisotopic (exact) mass is 426 g/mol. The first-order valence-electron chi connectivity index (χ1n) is 11.5. The summed E-state index contributed by atoms with van der Waals surface area (Å²) in [5.41, 5.74) is 5.86. The van der Waals surface area contributed by atoms with E-state index in [9.17, 15) is 0 Å². The number of nitrogens with zero attached hydrogens (tertiary/aromatic N) is 2. The zero-order chi connectivity index (χ0) is 22.2. The second-order valence-electron chi connectivity index (χ2n) is 9.17. The molecule has 3 aromatic carbocycles. The standard InChI is InChI=1S/C28H30N2O2/c1-18(2)20-9-11-22(12-10-20)28-30-26(24-7-5-6-8-27(24)32-28)17-25(29-30)21-13-15-23(16-14-21)31-19(3)4/h5-16,18-19,26,28H,17H2,1-4H3. The highest BCUT2D eigenvalue weighted by molar-refractivity contribution is 6.02. The summed E-state index contributed by atoms with van der Waals surface area (Å²) in [6.45, 7) is 8.51. The molecule has 2 unspecified atom stereocenters. The Morgan fingerprint density at radius 1 is 0.906 bits per heavy atom. The Kier molecular flexibility index (Phi) is 5.38. The van der Waals surface area contributed by atoms with Gasteiger partial charge in [-0.3, -0.25) is 0 Å². The fourth-order valence-electron chi connectivity index (χ4n) is 4.47. The van der Waals surface area contributed by atoms with Crippen molar-refractivity contribution in [2.24, 2.45) is 5.10 Å². The molecule has 164 valence electrons. The highest BCUT2D eigenvalue weighted by Crippen LogP contribution is 2.47. The first-order valence-corrected chi connectivity index (χ1v) is 11.5. The van der Waals surface area contributed by atoms with Gasteiger partial charge >= 0.3 is 0 Å². The van der Waals surface area contributed by atoms with E-state index in [1.165, 1.54) is 11.1 Å². The molecule has 5 rings (SSSR count). The second kappa shape index (κ2) is 8.34. The van der Waals surface area contributed by atoms with E-state index in [-0.39, 0.29) is 18.4 Å². The Labute approximate surface area is 190 Å². The molecule has 2 atom stereocenters. The van der Waals surface area contributed by atoms with Crippen LogP contribution in [0, 0.1) is 0 Å². The smallest absolute Gasteiger partial charge is 0.213 e. The van der Waals surface area contributed by atoms with Crippen molar-refractivity contribution in [3.8, 4) is 11.5 Å². The zero-order valence-electron chi connectivity index (χ0n) is 19.2. The van der Waals surface area contributed by atoms with Crippen LogP contribution < -0.4 is 9.47 Å². The molecular weight excluding hydrogens is 396 g/mol. The number of ether oxygens (including phenoxy) is 2. The summed E-state index contributed by atoms with van der Waals surface area (Å²) in [6, 6.07) is 25.5. The average Bonchev–Trinajstić information content (AvgIpc) is 3.24. The number of para-hydroxylation sites is 1. The van der Waals surface area contributed by atoms with Crippen molar-refractivity contribution in [1.82, 2.24) is 5.01 Å². The maximum atomic E-state index is 6.48. The summed E-state index contributed by atoms with van der Waals surface area (Å²) in [7, 11) is 0. The maximum Gasteiger partial charge on any atom is 0.213 e. The number of benzene rings is 3. The molecule has 0 fully saturated rings. The molecule has 0 saturated carbocycles. The fraction of sp³-hybridized carbons (Fsp3) is 0.321. The molecule has 0 aromatic heterocycles. The van der Waals surface area contributed by atoms with E-state index in [1.54, 1.807) is 0 Å². The molecule has 0 bridgehead atoms. The van der Waals surface area contributed by atoms with Gasteiger partial charge in [-0.25, -0.2) is 5.01 Å². The lowest BCUT2D eigenvalue weighted by Gasteiger charge is -2.38. The third-order valence-corrected chi connectivity index (χ3v) is 6.15. The van der Waals surface area contributed by atoms with Crippen molar-refractivity contribution in [3.63, 3.8) is 0 Å². The van der Waals surface area contributed by atoms with Gasteiger partial charge in [-0.05, 0) is 61.2 Å². The summed E-state index contributed by atoms with van der Waals surface area (Å²) in [5, 5.41) is 7.21. The number of hydrogen-bond donors (Lipinski definition) is 0. The van der Waals surface area contributed by atoms with Crippen LogP contribution in [0.2, 0.25) is 0 Å². The number of fused-ring (bicyclic) bond motifs is 3. The predicted molar refractivity (Wildman–Crippen MR) is 128 cm³/mol. The van der Waals surface area contributed by atoms with E-state index in [0.717, 1.165) is 34.8 Å². The molecule has 2 heterocycles. The topological polar surface area (TPSA) is 34.1 Å². The van der Waals surface area contributed by atoms with Gasteiger partial charge in [-0.15, -0.1) is 0 Å². The summed E-state index contributed by atoms with van der Waals surface area (Å²) in [6.07, 6.45) is 0.776. The van der Waals surface area contributed by atoms with E-state index >= 15 is 0 Å². The van der Waals surface area contributed by atoms with Crippen LogP contribution in [-0.2, 0) is 0 Å². The molecule has 32 heavy (non-hydrogen) atoms. The minimum absolute atomic E-state index is 0.162. The maximum absolute atomic E-state index is 6.48. The third-order valence-electron chi connectivity index (χ3n) is 6.15. The molecular formula is C28H30N2O2. The van der Waals surface area contributed by atoms with Gasteiger partial charge in [0.05, 0.1) is 17.9 Å². The molecule has 0 aliphatic carbocycles. The highest BCUT2D eigenvalue weighted by atomic mass is 16.5. The molecule has 4 nitrogen and oxygen atoms in total. The van der Waals surface area contributed by atoms with E-state index in [2.05, 4.69) is 73.5 Å². The van der Waals surface area contributed by atoms with E-state index in [0.29, 0.717) is 5.92 Å². The molecule has 3 aromatic rings. The minimum Gasteiger partial charge on any atom is -0.491 e. The van der Waals surface area contributed by atoms with Crippen LogP contribution in [-0.4, -0.2) is 16.8 Å². The highest BCUT2D eigenvalue weighted by Gasteiger charge is 2.40. The summed E-state index contributed by atoms with van der Waals surface area (Å²) in [5.74, 6) is 2.34. The predicted octanol–water partition coefficient (Wildman–Crippen LogP) is 6.84. The van der Waals surface area contributed by atoms with Gasteiger partial charge in [0.2, 0.25) is 6.23 Å². The van der Waals surface area contributed by atoms with E-state index in [4.69, 9.17) is 14.6 Å². The first kappa shape index (κ1) is 20.6. The molecule has 4 heteroatoms. The number of hydrazone groups is 1. The van der Waals surface area contributed by atoms with Crippen molar-refractivity contribution in [2.75, 3.05) is 0 Å². The molecule has 2 aliphatic rings. The fourth-order valence-corrected chi connectivity index (χ4v) is 4.47. The summed E-state index contributed by atoms with van der Waals surface area (Å²) in [4.78, 5) is 0. The van der Waals surface area contributed by atoms with Gasteiger partial charge in [0.25, 0.3) is 0 Å². The van der Waals surface area contributed by atoms with E-state index in [1.807, 2.05) is 32.0 Å². The number of rotatable bonds is 5. The number of hydrogen-bond acceptors (Lipinski definition) is 4. The Balaban J connectivity index is 1.49. The lowest BCUT2D eigenvalue weighted by Crippen LogP contribution is -2.33. The van der Waals surface area contributed by atoms with Crippen LogP contribution in [0.4, 0.5) is 0 Å². The van der Waals surface area contributed by atoms with Crippen molar-refractivity contribution < 1.29 is 9.47 Å². The molecule has 0 spiro atoms. The first-order chi connectivity index (χ1) is 15.5. The SMILES string of the molecule is CC(C)Oc1ccc(C2=NN3C(C2)c2ccccc2OC3c2ccc(C(C)C)cc2)cc1. The molecule has 0 saturated heterocycles. The molecule has 2 aliphatic heterocycles. The summed E-state index contributed by atoms with van der Waals surface area (Å²) >= 11 is 0. The lowest BCUT2D eigenvalue weighted by molar-refractivity contribution is -0.0190. The van der Waals surface area contributed by atoms with Crippen LogP contribution >= 0.6 is 0 Å². The van der Waals surface area contributed by atoms with Gasteiger partial charge in [-0.1, -0.05) is 56.3 Å². The molecule has 0 radical (unpaired) electrons. The van der Waals surface area contributed by atoms with Crippen molar-refractivity contribution in [3.05, 3.63) is 95.1 Å². The van der Waals surface area contributed by atoms with Crippen LogP contribution in [0.15, 0.2) is 77.9 Å². The Morgan fingerprint density at radius 2 is 1.62 bits per heavy atom. The molecule has 0 amide bonds. The Morgan fingerprint density at radius 3 is 2.31 bits per heavy atom. The minimum atomic E-state index is -0.239. The largest absolute Gasteiger partial charge is 0.491 e. The van der Waals surface area contributed by atoms with Crippen LogP contribution in [0.5, 0.6) is 11.5 Å². The van der Waals surface area contributed by atoms with Gasteiger partial charge in [0, 0.05) is 17.5 Å². The Hall–Kier alpha value is -3.27. The van der Waals surface area contributed by atoms with Crippen LogP contribution in [0.25, 0.3) is 0 Å². The van der Waals surface area contributed by atoms with Gasteiger partial charge in [-0.2, -0.15) is 5.10 Å². The van der Waals surface area contributed by atoms with Gasteiger partial charge < -0.3 is 9.47 Å². The summed E-state index contributed by atoms with van der Waals surface area (Å²) < 4.78 is 12.3. The zero-order valence-corrected chi connectivity index (χ0v) is 19.2. The molecule has 0 N–H and O–H groups in total. The Bertz CT molecular complexity index is 1120. The van der Waals surface area contributed by atoms with E-state index < -0.39 is 0 Å². The second-order valence-corrected chi connectivity index (χ2v) is 9.17.